The van der Waals surface area contributed by atoms with Crippen LogP contribution in [0, 0.1) is 0 Å². The molecule has 0 heterocycles. The van der Waals surface area contributed by atoms with Crippen LogP contribution in [0.25, 0.3) is 0 Å². The summed E-state index contributed by atoms with van der Waals surface area (Å²) in [5.41, 5.74) is 7.08. The smallest absolute Gasteiger partial charge is 0.180 e. The normalized spacial score (nSPS) is 11.7. The van der Waals surface area contributed by atoms with Gasteiger partial charge in [0.25, 0.3) is 0 Å². The van der Waals surface area contributed by atoms with Crippen molar-refractivity contribution in [1.29, 1.82) is 0 Å². The monoisotopic (exact) mass is 237 g/mol. The number of nitrogens with two attached hydrogens (primary N) is 1. The van der Waals surface area contributed by atoms with Crippen LogP contribution in [-0.2, 0) is 15.9 Å². The Morgan fingerprint density at radius 3 is 2.12 bits per heavy atom. The zero-order valence-electron chi connectivity index (χ0n) is 10.8. The van der Waals surface area contributed by atoms with E-state index in [9.17, 15) is 0 Å². The van der Waals surface area contributed by atoms with Crippen molar-refractivity contribution in [2.24, 2.45) is 5.73 Å². The van der Waals surface area contributed by atoms with Gasteiger partial charge in [0.2, 0.25) is 0 Å². The largest absolute Gasteiger partial charge is 0.349 e. The van der Waals surface area contributed by atoms with Gasteiger partial charge in [-0.15, -0.1) is 0 Å². The van der Waals surface area contributed by atoms with Gasteiger partial charge in [-0.3, -0.25) is 0 Å². The minimum absolute atomic E-state index is 0.390. The summed E-state index contributed by atoms with van der Waals surface area (Å²) >= 11 is 0. The standard InChI is InChI=1S/C14H23NO2/c1-3-16-14(12-15,17-4-2)11-10-13-8-6-5-7-9-13/h5-9H,3-4,10-12,15H2,1-2H3. The molecular weight excluding hydrogens is 214 g/mol. The lowest BCUT2D eigenvalue weighted by Crippen LogP contribution is -2.44. The first-order chi connectivity index (χ1) is 8.26. The van der Waals surface area contributed by atoms with Gasteiger partial charge in [-0.25, -0.2) is 0 Å². The average Bonchev–Trinajstić information content (AvgIpc) is 2.38. The second-order valence-corrected chi connectivity index (χ2v) is 3.97. The number of hydrogen-bond donors (Lipinski definition) is 1. The first-order valence-electron chi connectivity index (χ1n) is 6.28. The number of ether oxygens (including phenoxy) is 2. The highest BCUT2D eigenvalue weighted by atomic mass is 16.7. The van der Waals surface area contributed by atoms with Gasteiger partial charge < -0.3 is 15.2 Å². The van der Waals surface area contributed by atoms with Crippen molar-refractivity contribution in [3.8, 4) is 0 Å². The fraction of sp³-hybridized carbons (Fsp3) is 0.571. The fourth-order valence-corrected chi connectivity index (χ4v) is 1.91. The van der Waals surface area contributed by atoms with Crippen LogP contribution >= 0.6 is 0 Å². The van der Waals surface area contributed by atoms with Crippen LogP contribution in [0.4, 0.5) is 0 Å². The summed E-state index contributed by atoms with van der Waals surface area (Å²) in [5, 5.41) is 0. The molecule has 0 saturated carbocycles. The molecule has 1 aromatic rings. The van der Waals surface area contributed by atoms with Crippen molar-refractivity contribution < 1.29 is 9.47 Å². The van der Waals surface area contributed by atoms with Gasteiger partial charge >= 0.3 is 0 Å². The van der Waals surface area contributed by atoms with E-state index in [1.807, 2.05) is 32.0 Å². The van der Waals surface area contributed by atoms with Gasteiger partial charge in [0.05, 0.1) is 0 Å². The molecular formula is C14H23NO2. The molecule has 0 unspecified atom stereocenters. The van der Waals surface area contributed by atoms with E-state index in [0.717, 1.165) is 12.8 Å². The summed E-state index contributed by atoms with van der Waals surface area (Å²) in [6, 6.07) is 10.3. The summed E-state index contributed by atoms with van der Waals surface area (Å²) in [6.07, 6.45) is 1.70. The maximum Gasteiger partial charge on any atom is 0.180 e. The van der Waals surface area contributed by atoms with Gasteiger partial charge in [-0.2, -0.15) is 0 Å². The first-order valence-corrected chi connectivity index (χ1v) is 6.28. The van der Waals surface area contributed by atoms with Crippen LogP contribution in [-0.4, -0.2) is 25.5 Å². The predicted octanol–water partition coefficient (Wildman–Crippen LogP) is 2.35. The summed E-state index contributed by atoms with van der Waals surface area (Å²) in [7, 11) is 0. The third-order valence-electron chi connectivity index (χ3n) is 2.76. The van der Waals surface area contributed by atoms with Crippen LogP contribution in [0.5, 0.6) is 0 Å². The molecule has 1 aromatic carbocycles. The van der Waals surface area contributed by atoms with E-state index >= 15 is 0 Å². The van der Waals surface area contributed by atoms with Crippen LogP contribution in [0.3, 0.4) is 0 Å². The lowest BCUT2D eigenvalue weighted by atomic mass is 10.0. The molecule has 0 amide bonds. The fourth-order valence-electron chi connectivity index (χ4n) is 1.91. The molecule has 1 rings (SSSR count). The van der Waals surface area contributed by atoms with Crippen LogP contribution in [0.15, 0.2) is 30.3 Å². The van der Waals surface area contributed by atoms with Crippen molar-refractivity contribution in [3.63, 3.8) is 0 Å². The van der Waals surface area contributed by atoms with E-state index in [1.165, 1.54) is 5.56 Å². The van der Waals surface area contributed by atoms with Gasteiger partial charge in [0, 0.05) is 26.2 Å². The highest BCUT2D eigenvalue weighted by Gasteiger charge is 2.29. The highest BCUT2D eigenvalue weighted by molar-refractivity contribution is 5.14. The molecule has 0 bridgehead atoms. The Hall–Kier alpha value is -0.900. The average molecular weight is 237 g/mol. The molecule has 0 aliphatic rings. The highest BCUT2D eigenvalue weighted by Crippen LogP contribution is 2.20. The maximum absolute atomic E-state index is 5.79. The number of aryl methyl sites for hydroxylation is 1. The van der Waals surface area contributed by atoms with E-state index in [1.54, 1.807) is 0 Å². The SMILES string of the molecule is CCOC(CN)(CCc1ccccc1)OCC. The van der Waals surface area contributed by atoms with Crippen molar-refractivity contribution in [1.82, 2.24) is 0 Å². The third kappa shape index (κ3) is 4.46. The number of hydrogen-bond acceptors (Lipinski definition) is 3. The van der Waals surface area contributed by atoms with E-state index in [0.29, 0.717) is 19.8 Å². The first kappa shape index (κ1) is 14.2. The van der Waals surface area contributed by atoms with Crippen molar-refractivity contribution in [3.05, 3.63) is 35.9 Å². The maximum atomic E-state index is 5.79. The van der Waals surface area contributed by atoms with E-state index in [-0.39, 0.29) is 0 Å². The Morgan fingerprint density at radius 1 is 1.06 bits per heavy atom. The molecule has 3 heteroatoms. The Kier molecular flexibility index (Phi) is 6.19. The van der Waals surface area contributed by atoms with Crippen LogP contribution < -0.4 is 5.73 Å². The lowest BCUT2D eigenvalue weighted by molar-refractivity contribution is -0.229. The van der Waals surface area contributed by atoms with Gasteiger partial charge in [0.1, 0.15) is 0 Å². The molecule has 17 heavy (non-hydrogen) atoms. The van der Waals surface area contributed by atoms with Crippen molar-refractivity contribution in [2.75, 3.05) is 19.8 Å². The molecule has 2 N–H and O–H groups in total. The number of rotatable bonds is 8. The zero-order valence-corrected chi connectivity index (χ0v) is 10.8. The molecule has 0 aliphatic heterocycles. The predicted molar refractivity (Wildman–Crippen MR) is 69.8 cm³/mol. The lowest BCUT2D eigenvalue weighted by Gasteiger charge is -2.32. The van der Waals surface area contributed by atoms with Gasteiger partial charge in [-0.05, 0) is 25.8 Å². The van der Waals surface area contributed by atoms with E-state index in [4.69, 9.17) is 15.2 Å². The Bertz CT molecular complexity index is 294. The summed E-state index contributed by atoms with van der Waals surface area (Å²) in [6.45, 7) is 5.55. The zero-order chi connectivity index (χ0) is 12.6. The minimum atomic E-state index is -0.626. The second-order valence-electron chi connectivity index (χ2n) is 3.97. The second kappa shape index (κ2) is 7.43. The van der Waals surface area contributed by atoms with E-state index < -0.39 is 5.79 Å². The molecule has 0 radical (unpaired) electrons. The van der Waals surface area contributed by atoms with Crippen LogP contribution in [0.1, 0.15) is 25.8 Å². The Balaban J connectivity index is 2.59. The van der Waals surface area contributed by atoms with Gasteiger partial charge in [0.15, 0.2) is 5.79 Å². The quantitative estimate of drug-likeness (QED) is 0.706. The molecule has 0 spiro atoms. The topological polar surface area (TPSA) is 44.5 Å². The molecule has 0 aromatic heterocycles. The molecule has 0 fully saturated rings. The third-order valence-corrected chi connectivity index (χ3v) is 2.76. The molecule has 0 aliphatic carbocycles. The summed E-state index contributed by atoms with van der Waals surface area (Å²) in [4.78, 5) is 0. The molecule has 96 valence electrons. The molecule has 0 saturated heterocycles. The Labute approximate surface area is 104 Å². The molecule has 3 nitrogen and oxygen atoms in total. The molecule has 0 atom stereocenters. The minimum Gasteiger partial charge on any atom is -0.349 e. The van der Waals surface area contributed by atoms with Crippen LogP contribution in [0.2, 0.25) is 0 Å². The summed E-state index contributed by atoms with van der Waals surface area (Å²) in [5.74, 6) is -0.626. The van der Waals surface area contributed by atoms with Gasteiger partial charge in [-0.1, -0.05) is 30.3 Å². The van der Waals surface area contributed by atoms with E-state index in [2.05, 4.69) is 12.1 Å². The number of benzene rings is 1. The summed E-state index contributed by atoms with van der Waals surface area (Å²) < 4.78 is 11.4. The van der Waals surface area contributed by atoms with Crippen molar-refractivity contribution >= 4 is 0 Å². The Morgan fingerprint density at radius 2 is 1.65 bits per heavy atom. The van der Waals surface area contributed by atoms with Crippen molar-refractivity contribution in [2.45, 2.75) is 32.5 Å².